The van der Waals surface area contributed by atoms with Crippen molar-refractivity contribution in [2.24, 2.45) is 0 Å². The monoisotopic (exact) mass is 385 g/mol. The molecule has 5 heteroatoms. The maximum absolute atomic E-state index is 12.2. The van der Waals surface area contributed by atoms with Crippen LogP contribution in [-0.2, 0) is 11.2 Å². The highest BCUT2D eigenvalue weighted by Crippen LogP contribution is 2.26. The second-order valence-corrected chi connectivity index (χ2v) is 6.50. The Labute approximate surface area is 162 Å². The summed E-state index contributed by atoms with van der Waals surface area (Å²) < 4.78 is 5.73. The maximum Gasteiger partial charge on any atom is 0.224 e. The minimum atomic E-state index is -0.0993. The quantitative estimate of drug-likeness (QED) is 0.536. The molecule has 0 aliphatic heterocycles. The van der Waals surface area contributed by atoms with E-state index in [0.717, 1.165) is 11.3 Å². The molecule has 0 aromatic heterocycles. The molecule has 3 nitrogen and oxygen atoms in total. The lowest BCUT2D eigenvalue weighted by molar-refractivity contribution is -0.116. The Morgan fingerprint density at radius 2 is 1.42 bits per heavy atom. The molecular weight excluding hydrogens is 369 g/mol. The first-order valence-electron chi connectivity index (χ1n) is 8.17. The molecule has 0 bridgehead atoms. The summed E-state index contributed by atoms with van der Waals surface area (Å²) >= 11 is 12.3. The molecule has 1 amide bonds. The second kappa shape index (κ2) is 8.75. The SMILES string of the molecule is O=C(CCc1c(Cl)cccc1Cl)Nc1ccc(Oc2ccccc2)cc1. The van der Waals surface area contributed by atoms with Crippen molar-refractivity contribution in [3.05, 3.63) is 88.4 Å². The normalized spacial score (nSPS) is 10.4. The Morgan fingerprint density at radius 1 is 0.808 bits per heavy atom. The molecule has 0 spiro atoms. The molecule has 1 N–H and O–H groups in total. The fraction of sp³-hybridized carbons (Fsp3) is 0.0952. The van der Waals surface area contributed by atoms with Crippen LogP contribution in [0, 0.1) is 0 Å². The number of hydrogen-bond donors (Lipinski definition) is 1. The Balaban J connectivity index is 1.54. The first-order chi connectivity index (χ1) is 12.6. The number of halogens is 2. The topological polar surface area (TPSA) is 38.3 Å². The minimum absolute atomic E-state index is 0.0993. The predicted octanol–water partition coefficient (Wildman–Crippen LogP) is 6.36. The number of benzene rings is 3. The molecule has 0 radical (unpaired) electrons. The molecule has 3 aromatic carbocycles. The Morgan fingerprint density at radius 3 is 2.08 bits per heavy atom. The van der Waals surface area contributed by atoms with E-state index in [2.05, 4.69) is 5.32 Å². The fourth-order valence-corrected chi connectivity index (χ4v) is 3.05. The van der Waals surface area contributed by atoms with Crippen LogP contribution >= 0.6 is 23.2 Å². The van der Waals surface area contributed by atoms with Crippen molar-refractivity contribution >= 4 is 34.8 Å². The van der Waals surface area contributed by atoms with E-state index in [1.807, 2.05) is 42.5 Å². The number of hydrogen-bond acceptors (Lipinski definition) is 2. The smallest absolute Gasteiger partial charge is 0.224 e. The van der Waals surface area contributed by atoms with Crippen molar-refractivity contribution in [2.45, 2.75) is 12.8 Å². The summed E-state index contributed by atoms with van der Waals surface area (Å²) in [5.41, 5.74) is 1.50. The van der Waals surface area contributed by atoms with Crippen LogP contribution in [0.3, 0.4) is 0 Å². The molecular formula is C21H17Cl2NO2. The summed E-state index contributed by atoms with van der Waals surface area (Å²) in [5, 5.41) is 4.01. The number of para-hydroxylation sites is 1. The summed E-state index contributed by atoms with van der Waals surface area (Å²) in [6.45, 7) is 0. The van der Waals surface area contributed by atoms with Gasteiger partial charge in [0, 0.05) is 22.2 Å². The van der Waals surface area contributed by atoms with E-state index < -0.39 is 0 Å². The number of rotatable bonds is 6. The van der Waals surface area contributed by atoms with Gasteiger partial charge in [0.25, 0.3) is 0 Å². The van der Waals surface area contributed by atoms with Gasteiger partial charge >= 0.3 is 0 Å². The average molecular weight is 386 g/mol. The minimum Gasteiger partial charge on any atom is -0.457 e. The van der Waals surface area contributed by atoms with Crippen molar-refractivity contribution in [2.75, 3.05) is 5.32 Å². The molecule has 0 heterocycles. The van der Waals surface area contributed by atoms with E-state index in [-0.39, 0.29) is 5.91 Å². The highest BCUT2D eigenvalue weighted by Gasteiger charge is 2.09. The summed E-state index contributed by atoms with van der Waals surface area (Å²) in [6.07, 6.45) is 0.783. The number of ether oxygens (including phenoxy) is 1. The Bertz CT molecular complexity index is 860. The summed E-state index contributed by atoms with van der Waals surface area (Å²) in [6, 6.07) is 22.1. The van der Waals surface area contributed by atoms with E-state index in [1.165, 1.54) is 0 Å². The molecule has 3 aromatic rings. The lowest BCUT2D eigenvalue weighted by Crippen LogP contribution is -2.12. The van der Waals surface area contributed by atoms with E-state index >= 15 is 0 Å². The van der Waals surface area contributed by atoms with Crippen LogP contribution in [0.25, 0.3) is 0 Å². The molecule has 0 aliphatic carbocycles. The molecule has 0 saturated carbocycles. The second-order valence-electron chi connectivity index (χ2n) is 5.69. The summed E-state index contributed by atoms with van der Waals surface area (Å²) in [4.78, 5) is 12.2. The molecule has 0 aliphatic rings. The number of nitrogens with one attached hydrogen (secondary N) is 1. The van der Waals surface area contributed by atoms with Gasteiger partial charge < -0.3 is 10.1 Å². The van der Waals surface area contributed by atoms with Crippen molar-refractivity contribution < 1.29 is 9.53 Å². The van der Waals surface area contributed by atoms with E-state index in [1.54, 1.807) is 30.3 Å². The van der Waals surface area contributed by atoms with E-state index in [4.69, 9.17) is 27.9 Å². The zero-order valence-corrected chi connectivity index (χ0v) is 15.4. The summed E-state index contributed by atoms with van der Waals surface area (Å²) in [7, 11) is 0. The fourth-order valence-electron chi connectivity index (χ4n) is 2.46. The molecule has 0 atom stereocenters. The van der Waals surface area contributed by atoms with Crippen molar-refractivity contribution in [3.63, 3.8) is 0 Å². The molecule has 0 unspecified atom stereocenters. The van der Waals surface area contributed by atoms with E-state index in [9.17, 15) is 4.79 Å². The number of amides is 1. The predicted molar refractivity (Wildman–Crippen MR) is 106 cm³/mol. The standard InChI is InChI=1S/C21H17Cl2NO2/c22-19-7-4-8-20(23)18(19)13-14-21(25)24-15-9-11-17(12-10-15)26-16-5-2-1-3-6-16/h1-12H,13-14H2,(H,24,25). The zero-order chi connectivity index (χ0) is 18.4. The van der Waals surface area contributed by atoms with Crippen LogP contribution < -0.4 is 10.1 Å². The van der Waals surface area contributed by atoms with Gasteiger partial charge in [0.2, 0.25) is 5.91 Å². The van der Waals surface area contributed by atoms with Crippen LogP contribution in [0.15, 0.2) is 72.8 Å². The van der Waals surface area contributed by atoms with Crippen molar-refractivity contribution in [3.8, 4) is 11.5 Å². The molecule has 0 saturated heterocycles. The lowest BCUT2D eigenvalue weighted by Gasteiger charge is -2.09. The molecule has 132 valence electrons. The van der Waals surface area contributed by atoms with Crippen LogP contribution in [-0.4, -0.2) is 5.91 Å². The van der Waals surface area contributed by atoms with Gasteiger partial charge in [0.05, 0.1) is 0 Å². The van der Waals surface area contributed by atoms with Crippen molar-refractivity contribution in [1.82, 2.24) is 0 Å². The van der Waals surface area contributed by atoms with Gasteiger partial charge in [0.15, 0.2) is 0 Å². The van der Waals surface area contributed by atoms with Crippen LogP contribution in [0.1, 0.15) is 12.0 Å². The molecule has 26 heavy (non-hydrogen) atoms. The van der Waals surface area contributed by atoms with Crippen LogP contribution in [0.2, 0.25) is 10.0 Å². The van der Waals surface area contributed by atoms with E-state index in [0.29, 0.717) is 34.3 Å². The first-order valence-corrected chi connectivity index (χ1v) is 8.93. The highest BCUT2D eigenvalue weighted by molar-refractivity contribution is 6.36. The van der Waals surface area contributed by atoms with Gasteiger partial charge in [0.1, 0.15) is 11.5 Å². The van der Waals surface area contributed by atoms with Crippen LogP contribution in [0.5, 0.6) is 11.5 Å². The van der Waals surface area contributed by atoms with Gasteiger partial charge in [-0.3, -0.25) is 4.79 Å². The van der Waals surface area contributed by atoms with Crippen molar-refractivity contribution in [1.29, 1.82) is 0 Å². The lowest BCUT2D eigenvalue weighted by atomic mass is 10.1. The van der Waals surface area contributed by atoms with Gasteiger partial charge in [-0.1, -0.05) is 47.5 Å². The van der Waals surface area contributed by atoms with Crippen LogP contribution in [0.4, 0.5) is 5.69 Å². The van der Waals surface area contributed by atoms with Gasteiger partial charge in [-0.25, -0.2) is 0 Å². The Kier molecular flexibility index (Phi) is 6.16. The molecule has 0 fully saturated rings. The summed E-state index contributed by atoms with van der Waals surface area (Å²) in [5.74, 6) is 1.37. The number of anilines is 1. The number of carbonyl (C=O) groups excluding carboxylic acids is 1. The number of carbonyl (C=O) groups is 1. The first kappa shape index (κ1) is 18.3. The maximum atomic E-state index is 12.2. The Hall–Kier alpha value is -2.49. The largest absolute Gasteiger partial charge is 0.457 e. The zero-order valence-electron chi connectivity index (χ0n) is 13.9. The third-order valence-electron chi connectivity index (χ3n) is 3.78. The van der Waals surface area contributed by atoms with Gasteiger partial charge in [-0.05, 0) is 60.5 Å². The molecule has 3 rings (SSSR count). The van der Waals surface area contributed by atoms with Gasteiger partial charge in [-0.2, -0.15) is 0 Å². The third-order valence-corrected chi connectivity index (χ3v) is 4.49. The third kappa shape index (κ3) is 5.01. The average Bonchev–Trinajstić information content (AvgIpc) is 2.64. The van der Waals surface area contributed by atoms with Gasteiger partial charge in [-0.15, -0.1) is 0 Å². The highest BCUT2D eigenvalue weighted by atomic mass is 35.5.